The quantitative estimate of drug-likeness (QED) is 0.828. The Morgan fingerprint density at radius 3 is 1.85 bits per heavy atom. The molecule has 0 spiro atoms. The van der Waals surface area contributed by atoms with Gasteiger partial charge in [0.05, 0.1) is 4.90 Å². The lowest BCUT2D eigenvalue weighted by molar-refractivity contribution is 0.0643. The molecule has 26 heavy (non-hydrogen) atoms. The normalized spacial score (nSPS) is 15.8. The van der Waals surface area contributed by atoms with E-state index < -0.39 is 9.84 Å². The second-order valence-electron chi connectivity index (χ2n) is 6.60. The van der Waals surface area contributed by atoms with E-state index in [-0.39, 0.29) is 5.91 Å². The standard InChI is InChI=1S/C20H24N2O3S/c1-3-21-12-14-22(15-13-21)20(23)18-6-4-16(5-7-18)17-8-10-19(11-9-17)26(2,24)25/h4-11H,3,12-15H2,1-2H3. The van der Waals surface area contributed by atoms with E-state index >= 15 is 0 Å². The summed E-state index contributed by atoms with van der Waals surface area (Å²) < 4.78 is 23.1. The fourth-order valence-corrected chi connectivity index (χ4v) is 3.78. The van der Waals surface area contributed by atoms with E-state index in [9.17, 15) is 13.2 Å². The molecule has 3 rings (SSSR count). The first-order valence-electron chi connectivity index (χ1n) is 8.80. The van der Waals surface area contributed by atoms with E-state index in [0.29, 0.717) is 10.5 Å². The van der Waals surface area contributed by atoms with Gasteiger partial charge in [-0.2, -0.15) is 0 Å². The molecule has 1 fully saturated rings. The number of amides is 1. The van der Waals surface area contributed by atoms with E-state index in [4.69, 9.17) is 0 Å². The zero-order chi connectivity index (χ0) is 18.7. The Morgan fingerprint density at radius 1 is 0.885 bits per heavy atom. The van der Waals surface area contributed by atoms with Gasteiger partial charge in [0, 0.05) is 38.0 Å². The number of nitrogens with zero attached hydrogens (tertiary/aromatic N) is 2. The minimum Gasteiger partial charge on any atom is -0.336 e. The largest absolute Gasteiger partial charge is 0.336 e. The van der Waals surface area contributed by atoms with Crippen molar-refractivity contribution in [2.24, 2.45) is 0 Å². The molecule has 1 amide bonds. The molecule has 2 aromatic carbocycles. The lowest BCUT2D eigenvalue weighted by Gasteiger charge is -2.34. The van der Waals surface area contributed by atoms with Crippen molar-refractivity contribution in [2.75, 3.05) is 39.0 Å². The first-order valence-corrected chi connectivity index (χ1v) is 10.7. The van der Waals surface area contributed by atoms with Gasteiger partial charge in [0.15, 0.2) is 9.84 Å². The van der Waals surface area contributed by atoms with E-state index in [0.717, 1.165) is 43.9 Å². The average Bonchev–Trinajstić information content (AvgIpc) is 2.67. The van der Waals surface area contributed by atoms with Gasteiger partial charge in [-0.15, -0.1) is 0 Å². The van der Waals surface area contributed by atoms with Gasteiger partial charge in [-0.05, 0) is 41.9 Å². The van der Waals surface area contributed by atoms with Gasteiger partial charge in [0.25, 0.3) is 5.91 Å². The van der Waals surface area contributed by atoms with Gasteiger partial charge in [0.1, 0.15) is 0 Å². The van der Waals surface area contributed by atoms with Crippen molar-refractivity contribution in [1.82, 2.24) is 9.80 Å². The maximum atomic E-state index is 12.6. The number of hydrogen-bond donors (Lipinski definition) is 0. The predicted octanol–water partition coefficient (Wildman–Crippen LogP) is 2.53. The van der Waals surface area contributed by atoms with E-state index in [1.54, 1.807) is 24.3 Å². The highest BCUT2D eigenvalue weighted by Crippen LogP contribution is 2.22. The van der Waals surface area contributed by atoms with Gasteiger partial charge >= 0.3 is 0 Å². The van der Waals surface area contributed by atoms with Crippen molar-refractivity contribution in [2.45, 2.75) is 11.8 Å². The first kappa shape index (κ1) is 18.6. The van der Waals surface area contributed by atoms with Crippen molar-refractivity contribution in [3.8, 4) is 11.1 Å². The summed E-state index contributed by atoms with van der Waals surface area (Å²) in [5, 5.41) is 0. The van der Waals surface area contributed by atoms with Crippen molar-refractivity contribution in [1.29, 1.82) is 0 Å². The summed E-state index contributed by atoms with van der Waals surface area (Å²) in [5.74, 6) is 0.0692. The molecule has 1 aliphatic rings. The summed E-state index contributed by atoms with van der Waals surface area (Å²) >= 11 is 0. The molecule has 138 valence electrons. The molecule has 0 unspecified atom stereocenters. The molecule has 5 nitrogen and oxygen atoms in total. The zero-order valence-electron chi connectivity index (χ0n) is 15.2. The number of sulfone groups is 1. The topological polar surface area (TPSA) is 57.7 Å². The SMILES string of the molecule is CCN1CCN(C(=O)c2ccc(-c3ccc(S(C)(=O)=O)cc3)cc2)CC1. The second-order valence-corrected chi connectivity index (χ2v) is 8.62. The second kappa shape index (κ2) is 7.60. The molecule has 1 aliphatic heterocycles. The molecule has 1 saturated heterocycles. The average molecular weight is 372 g/mol. The molecule has 0 radical (unpaired) electrons. The molecule has 0 bridgehead atoms. The number of rotatable bonds is 4. The molecule has 6 heteroatoms. The zero-order valence-corrected chi connectivity index (χ0v) is 16.0. The summed E-state index contributed by atoms with van der Waals surface area (Å²) in [5.41, 5.74) is 2.57. The maximum absolute atomic E-state index is 12.6. The number of piperazine rings is 1. The summed E-state index contributed by atoms with van der Waals surface area (Å²) in [4.78, 5) is 17.2. The monoisotopic (exact) mass is 372 g/mol. The summed E-state index contributed by atoms with van der Waals surface area (Å²) in [6.07, 6.45) is 1.20. The van der Waals surface area contributed by atoms with E-state index in [1.807, 2.05) is 29.2 Å². The van der Waals surface area contributed by atoms with E-state index in [2.05, 4.69) is 11.8 Å². The fourth-order valence-electron chi connectivity index (χ4n) is 3.15. The van der Waals surface area contributed by atoms with Crippen LogP contribution in [0, 0.1) is 0 Å². The Hall–Kier alpha value is -2.18. The highest BCUT2D eigenvalue weighted by Gasteiger charge is 2.21. The minimum atomic E-state index is -3.19. The van der Waals surface area contributed by atoms with Crippen LogP contribution in [0.15, 0.2) is 53.4 Å². The smallest absolute Gasteiger partial charge is 0.253 e. The van der Waals surface area contributed by atoms with Crippen LogP contribution in [0.2, 0.25) is 0 Å². The number of hydrogen-bond acceptors (Lipinski definition) is 4. The number of benzene rings is 2. The van der Waals surface area contributed by atoms with Crippen molar-refractivity contribution < 1.29 is 13.2 Å². The molecule has 1 heterocycles. The predicted molar refractivity (Wildman–Crippen MR) is 103 cm³/mol. The van der Waals surface area contributed by atoms with Gasteiger partial charge < -0.3 is 9.80 Å². The number of carbonyl (C=O) groups excluding carboxylic acids is 1. The van der Waals surface area contributed by atoms with Crippen LogP contribution in [-0.4, -0.2) is 63.1 Å². The third-order valence-electron chi connectivity index (χ3n) is 4.85. The van der Waals surface area contributed by atoms with Crippen LogP contribution in [0.1, 0.15) is 17.3 Å². The van der Waals surface area contributed by atoms with Crippen LogP contribution < -0.4 is 0 Å². The van der Waals surface area contributed by atoms with Crippen molar-refractivity contribution >= 4 is 15.7 Å². The highest BCUT2D eigenvalue weighted by atomic mass is 32.2. The Balaban J connectivity index is 1.71. The molecule has 0 atom stereocenters. The summed E-state index contributed by atoms with van der Waals surface area (Å²) in [6.45, 7) is 6.54. The maximum Gasteiger partial charge on any atom is 0.253 e. The Labute approximate surface area is 155 Å². The molecular weight excluding hydrogens is 348 g/mol. The molecule has 0 aliphatic carbocycles. The molecule has 0 N–H and O–H groups in total. The third-order valence-corrected chi connectivity index (χ3v) is 5.98. The lowest BCUT2D eigenvalue weighted by atomic mass is 10.0. The Kier molecular flexibility index (Phi) is 5.44. The third kappa shape index (κ3) is 4.14. The lowest BCUT2D eigenvalue weighted by Crippen LogP contribution is -2.48. The van der Waals surface area contributed by atoms with Crippen molar-refractivity contribution in [3.63, 3.8) is 0 Å². The molecule has 2 aromatic rings. The van der Waals surface area contributed by atoms with E-state index in [1.165, 1.54) is 6.26 Å². The summed E-state index contributed by atoms with van der Waals surface area (Å²) in [6, 6.07) is 14.3. The first-order chi connectivity index (χ1) is 12.4. The Bertz CT molecular complexity index is 866. The van der Waals surface area contributed by atoms with Crippen LogP contribution in [0.4, 0.5) is 0 Å². The number of likely N-dealkylation sites (N-methyl/N-ethyl adjacent to an activating group) is 1. The van der Waals surface area contributed by atoms with Gasteiger partial charge in [-0.1, -0.05) is 31.2 Å². The van der Waals surface area contributed by atoms with Crippen molar-refractivity contribution in [3.05, 3.63) is 54.1 Å². The van der Waals surface area contributed by atoms with Crippen LogP contribution in [0.5, 0.6) is 0 Å². The van der Waals surface area contributed by atoms with Crippen LogP contribution in [0.25, 0.3) is 11.1 Å². The van der Waals surface area contributed by atoms with Crippen LogP contribution in [-0.2, 0) is 9.84 Å². The van der Waals surface area contributed by atoms with Crippen LogP contribution in [0.3, 0.4) is 0 Å². The van der Waals surface area contributed by atoms with Crippen LogP contribution >= 0.6 is 0 Å². The molecule has 0 saturated carbocycles. The highest BCUT2D eigenvalue weighted by molar-refractivity contribution is 7.90. The van der Waals surface area contributed by atoms with Gasteiger partial charge in [-0.25, -0.2) is 8.42 Å². The number of carbonyl (C=O) groups is 1. The molecular formula is C20H24N2O3S. The summed E-state index contributed by atoms with van der Waals surface area (Å²) in [7, 11) is -3.19. The van der Waals surface area contributed by atoms with Gasteiger partial charge in [0.2, 0.25) is 0 Å². The Morgan fingerprint density at radius 2 is 1.38 bits per heavy atom. The molecule has 0 aromatic heterocycles. The minimum absolute atomic E-state index is 0.0692. The fraction of sp³-hybridized carbons (Fsp3) is 0.350. The van der Waals surface area contributed by atoms with Gasteiger partial charge in [-0.3, -0.25) is 4.79 Å².